The molecule has 0 saturated carbocycles. The van der Waals surface area contributed by atoms with Crippen LogP contribution in [0.3, 0.4) is 0 Å². The summed E-state index contributed by atoms with van der Waals surface area (Å²) >= 11 is 0. The van der Waals surface area contributed by atoms with Gasteiger partial charge in [0.05, 0.1) is 0 Å². The zero-order valence-corrected chi connectivity index (χ0v) is 14.3. The molecule has 0 fully saturated rings. The summed E-state index contributed by atoms with van der Waals surface area (Å²) in [5, 5.41) is 15.9. The van der Waals surface area contributed by atoms with E-state index in [1.165, 1.54) is 0 Å². The monoisotopic (exact) mass is 605 g/mol. The van der Waals surface area contributed by atoms with Crippen molar-refractivity contribution in [3.63, 3.8) is 0 Å². The molecule has 67 valence electrons. The van der Waals surface area contributed by atoms with E-state index in [-0.39, 0.29) is 70.7 Å². The van der Waals surface area contributed by atoms with Crippen molar-refractivity contribution >= 4 is 11.9 Å². The number of carboxylic acid groups (broad SMARTS) is 2. The molecule has 1 atom stereocenters. The van der Waals surface area contributed by atoms with E-state index in [9.17, 15) is 9.59 Å². The SMILES string of the molecule is [NH-]C(CC(=O)O)C(=O)O.[U].[V].[W]. The van der Waals surface area contributed by atoms with Crippen molar-refractivity contribution in [2.24, 2.45) is 0 Å². The Hall–Kier alpha value is 1.22. The molecule has 0 heterocycles. The average molecular weight is 605 g/mol. The average Bonchev–Trinajstić information content (AvgIpc) is 1.63. The Morgan fingerprint density at radius 2 is 1.67 bits per heavy atom. The molecule has 0 aliphatic heterocycles. The number of hydrogen-bond donors (Lipinski definition) is 2. The van der Waals surface area contributed by atoms with Gasteiger partial charge in [0.15, 0.2) is 0 Å². The van der Waals surface area contributed by atoms with Crippen LogP contribution in [0.1, 0.15) is 6.42 Å². The van der Waals surface area contributed by atoms with Crippen molar-refractivity contribution in [3.8, 4) is 0 Å². The Morgan fingerprint density at radius 1 is 1.33 bits per heavy atom. The van der Waals surface area contributed by atoms with Gasteiger partial charge in [0.2, 0.25) is 0 Å². The zero-order chi connectivity index (χ0) is 7.44. The number of carbonyl (C=O) groups is 2. The van der Waals surface area contributed by atoms with E-state index in [4.69, 9.17) is 15.9 Å². The molecule has 0 aliphatic carbocycles. The standard InChI is InChI=1S/C4H6NO4.U.V.W/c5-2(4(8)9)1-3(6)7;;;/h2,5H,1H2,(H,6,7)(H,8,9);;;/q-1;;;. The minimum atomic E-state index is -1.54. The van der Waals surface area contributed by atoms with Gasteiger partial charge in [-0.25, -0.2) is 0 Å². The molecule has 0 aliphatic rings. The quantitative estimate of drug-likeness (QED) is 0.473. The Bertz CT molecular complexity index is 147. The summed E-state index contributed by atoms with van der Waals surface area (Å²) in [6.07, 6.45) is -0.644. The number of carboxylic acids is 2. The van der Waals surface area contributed by atoms with Gasteiger partial charge in [0.25, 0.3) is 5.97 Å². The van der Waals surface area contributed by atoms with Crippen LogP contribution in [-0.4, -0.2) is 28.2 Å². The van der Waals surface area contributed by atoms with Crippen molar-refractivity contribution in [3.05, 3.63) is 5.73 Å². The van der Waals surface area contributed by atoms with E-state index in [1.807, 2.05) is 0 Å². The molecule has 5 nitrogen and oxygen atoms in total. The fraction of sp³-hybridized carbons (Fsp3) is 0.500. The molecule has 0 rings (SSSR count). The largest absolute Gasteiger partial charge is 0.665 e. The second kappa shape index (κ2) is 12.2. The van der Waals surface area contributed by atoms with Crippen LogP contribution in [-0.2, 0) is 49.2 Å². The Morgan fingerprint density at radius 3 is 1.75 bits per heavy atom. The maximum atomic E-state index is 9.78. The van der Waals surface area contributed by atoms with E-state index in [1.54, 1.807) is 0 Å². The molecule has 0 saturated heterocycles. The van der Waals surface area contributed by atoms with E-state index in [0.717, 1.165) is 0 Å². The first-order valence-electron chi connectivity index (χ1n) is 2.19. The molecule has 0 amide bonds. The minimum Gasteiger partial charge on any atom is -0.665 e. The van der Waals surface area contributed by atoms with Crippen LogP contribution in [0.4, 0.5) is 0 Å². The summed E-state index contributed by atoms with van der Waals surface area (Å²) in [7, 11) is 0. The number of nitrogens with one attached hydrogen (secondary N) is 1. The van der Waals surface area contributed by atoms with Gasteiger partial charge in [0.1, 0.15) is 0 Å². The number of rotatable bonds is 3. The molecule has 0 spiro atoms. The molecule has 1 unspecified atom stereocenters. The molecule has 0 aromatic rings. The Balaban J connectivity index is -0.000000107. The van der Waals surface area contributed by atoms with Crippen molar-refractivity contribution in [1.82, 2.24) is 0 Å². The second-order valence-electron chi connectivity index (χ2n) is 1.49. The first-order chi connectivity index (χ1) is 4.04. The smallest absolute Gasteiger partial charge is 0.302 e. The fourth-order valence-electron chi connectivity index (χ4n) is 0.262. The molecule has 0 bridgehead atoms. The van der Waals surface area contributed by atoms with Crippen molar-refractivity contribution < 1.29 is 90.5 Å². The van der Waals surface area contributed by atoms with Gasteiger partial charge in [-0.05, 0) is 6.04 Å². The molecule has 0 aromatic carbocycles. The van der Waals surface area contributed by atoms with Crippen LogP contribution < -0.4 is 0 Å². The topological polar surface area (TPSA) is 98.4 Å². The van der Waals surface area contributed by atoms with Crippen molar-refractivity contribution in [2.45, 2.75) is 12.5 Å². The third-order valence-electron chi connectivity index (χ3n) is 0.677. The van der Waals surface area contributed by atoms with Crippen LogP contribution in [0.15, 0.2) is 0 Å². The van der Waals surface area contributed by atoms with E-state index >= 15 is 0 Å². The summed E-state index contributed by atoms with van der Waals surface area (Å²) in [4.78, 5) is 19.5. The van der Waals surface area contributed by atoms with E-state index < -0.39 is 24.4 Å². The normalized spacial score (nSPS) is 9.42. The predicted molar refractivity (Wildman–Crippen MR) is 28.0 cm³/mol. The van der Waals surface area contributed by atoms with Gasteiger partial charge in [-0.15, -0.1) is 0 Å². The van der Waals surface area contributed by atoms with Crippen LogP contribution in [0, 0.1) is 31.1 Å². The van der Waals surface area contributed by atoms with Gasteiger partial charge >= 0.3 is 5.97 Å². The molecule has 0 aromatic heterocycles. The van der Waals surface area contributed by atoms with Gasteiger partial charge in [-0.3, -0.25) is 9.59 Å². The van der Waals surface area contributed by atoms with Crippen LogP contribution in [0.5, 0.6) is 0 Å². The van der Waals surface area contributed by atoms with Gasteiger partial charge < -0.3 is 15.9 Å². The van der Waals surface area contributed by atoms with E-state index in [0.29, 0.717) is 0 Å². The summed E-state index contributed by atoms with van der Waals surface area (Å²) in [5.74, 6) is -2.67. The predicted octanol–water partition coefficient (Wildman–Crippen LogP) is -0.0385. The van der Waals surface area contributed by atoms with Gasteiger partial charge in [-0.1, -0.05) is 0 Å². The molecule has 1 radical (unpaired) electrons. The number of hydrogen-bond acceptors (Lipinski definition) is 2. The zero-order valence-electron chi connectivity index (χ0n) is 5.85. The van der Waals surface area contributed by atoms with E-state index in [2.05, 4.69) is 0 Å². The molecule has 8 heteroatoms. The molecular weight excluding hydrogens is 599 g/mol. The third-order valence-corrected chi connectivity index (χ3v) is 0.677. The minimum absolute atomic E-state index is 0. The van der Waals surface area contributed by atoms with Crippen LogP contribution >= 0.6 is 0 Å². The summed E-state index contributed by atoms with van der Waals surface area (Å²) < 4.78 is 0. The van der Waals surface area contributed by atoms with Crippen LogP contribution in [0.2, 0.25) is 0 Å². The van der Waals surface area contributed by atoms with Gasteiger partial charge in [0, 0.05) is 77.2 Å². The fourth-order valence-corrected chi connectivity index (χ4v) is 0.262. The van der Waals surface area contributed by atoms with Crippen molar-refractivity contribution in [1.29, 1.82) is 0 Å². The molecular formula is C4H6NO4UVW-. The summed E-state index contributed by atoms with van der Waals surface area (Å²) in [6, 6.07) is -1.54. The summed E-state index contributed by atoms with van der Waals surface area (Å²) in [6.45, 7) is 0. The maximum Gasteiger partial charge on any atom is 0.302 e. The summed E-state index contributed by atoms with van der Waals surface area (Å²) in [5.41, 5.74) is 6.58. The Kier molecular flexibility index (Phi) is 23.7. The molecule has 12 heavy (non-hydrogen) atoms. The Labute approximate surface area is 119 Å². The molecule has 3 N–H and O–H groups in total. The second-order valence-corrected chi connectivity index (χ2v) is 1.49. The van der Waals surface area contributed by atoms with Crippen LogP contribution in [0.25, 0.3) is 5.73 Å². The third kappa shape index (κ3) is 13.8. The first kappa shape index (κ1) is 23.2. The van der Waals surface area contributed by atoms with Gasteiger partial charge in [-0.2, -0.15) is 0 Å². The van der Waals surface area contributed by atoms with Crippen molar-refractivity contribution in [2.75, 3.05) is 0 Å². The number of aliphatic carboxylic acids is 2. The maximum absolute atomic E-state index is 9.78. The first-order valence-corrected chi connectivity index (χ1v) is 2.19.